The van der Waals surface area contributed by atoms with Crippen LogP contribution in [0.2, 0.25) is 0 Å². The molecule has 7 heteroatoms. The van der Waals surface area contributed by atoms with Crippen LogP contribution in [0.3, 0.4) is 0 Å². The van der Waals surface area contributed by atoms with Gasteiger partial charge in [-0.2, -0.15) is 5.10 Å². The van der Waals surface area contributed by atoms with Crippen molar-refractivity contribution in [2.45, 2.75) is 51.6 Å². The van der Waals surface area contributed by atoms with Crippen LogP contribution in [-0.4, -0.2) is 34.3 Å². The van der Waals surface area contributed by atoms with Gasteiger partial charge in [0.2, 0.25) is 0 Å². The first-order valence-electron chi connectivity index (χ1n) is 7.65. The van der Waals surface area contributed by atoms with E-state index in [4.69, 9.17) is 4.74 Å². The van der Waals surface area contributed by atoms with Crippen LogP contribution in [0, 0.1) is 0 Å². The molecule has 0 saturated heterocycles. The minimum Gasteiger partial charge on any atom is -0.451 e. The van der Waals surface area contributed by atoms with Gasteiger partial charge in [0.1, 0.15) is 0 Å². The zero-order chi connectivity index (χ0) is 15.9. The second-order valence-corrected chi connectivity index (χ2v) is 5.40. The number of nitrogens with one attached hydrogen (secondary N) is 1. The summed E-state index contributed by atoms with van der Waals surface area (Å²) in [7, 11) is 0. The van der Waals surface area contributed by atoms with Gasteiger partial charge in [-0.25, -0.2) is 9.48 Å². The molecule has 120 valence electrons. The maximum atomic E-state index is 11.9. The zero-order valence-corrected chi connectivity index (χ0v) is 12.7. The number of nitrogens with zero attached hydrogens (tertiary/aromatic N) is 2. The van der Waals surface area contributed by atoms with Gasteiger partial charge in [0.25, 0.3) is 11.5 Å². The molecular weight excluding hydrogens is 286 g/mol. The molecule has 22 heavy (non-hydrogen) atoms. The van der Waals surface area contributed by atoms with Crippen LogP contribution < -0.4 is 10.9 Å². The smallest absolute Gasteiger partial charge is 0.359 e. The van der Waals surface area contributed by atoms with Crippen molar-refractivity contribution >= 4 is 11.9 Å². The van der Waals surface area contributed by atoms with E-state index in [1.165, 1.54) is 16.8 Å². The van der Waals surface area contributed by atoms with E-state index in [9.17, 15) is 14.4 Å². The molecule has 0 spiro atoms. The van der Waals surface area contributed by atoms with Crippen molar-refractivity contribution in [1.29, 1.82) is 0 Å². The Morgan fingerprint density at radius 1 is 1.36 bits per heavy atom. The number of ether oxygens (including phenoxy) is 1. The minimum atomic E-state index is -0.702. The Morgan fingerprint density at radius 3 is 2.77 bits per heavy atom. The Balaban J connectivity index is 1.87. The number of carbonyl (C=O) groups is 2. The maximum Gasteiger partial charge on any atom is 0.359 e. The highest BCUT2D eigenvalue weighted by atomic mass is 16.5. The fourth-order valence-corrected chi connectivity index (χ4v) is 2.47. The van der Waals surface area contributed by atoms with Gasteiger partial charge in [0.05, 0.1) is 0 Å². The van der Waals surface area contributed by atoms with Crippen molar-refractivity contribution in [3.63, 3.8) is 0 Å². The van der Waals surface area contributed by atoms with Gasteiger partial charge in [-0.15, -0.1) is 0 Å². The molecule has 1 aromatic rings. The van der Waals surface area contributed by atoms with Crippen LogP contribution in [0.1, 0.15) is 49.5 Å². The predicted octanol–water partition coefficient (Wildman–Crippen LogP) is 0.869. The summed E-state index contributed by atoms with van der Waals surface area (Å²) in [6, 6.07) is 2.78. The first-order valence-corrected chi connectivity index (χ1v) is 7.65. The number of amides is 1. The largest absolute Gasteiger partial charge is 0.451 e. The lowest BCUT2D eigenvalue weighted by Crippen LogP contribution is -2.36. The maximum absolute atomic E-state index is 11.9. The van der Waals surface area contributed by atoms with E-state index in [-0.39, 0.29) is 29.8 Å². The number of hydrogen-bond donors (Lipinski definition) is 1. The third-order valence-electron chi connectivity index (χ3n) is 3.57. The minimum absolute atomic E-state index is 0.0294. The summed E-state index contributed by atoms with van der Waals surface area (Å²) in [5, 5.41) is 6.78. The summed E-state index contributed by atoms with van der Waals surface area (Å²) in [4.78, 5) is 35.1. The molecule has 1 heterocycles. The monoisotopic (exact) mass is 307 g/mol. The number of aryl methyl sites for hydroxylation is 1. The Morgan fingerprint density at radius 2 is 2.09 bits per heavy atom. The molecule has 1 N–H and O–H groups in total. The van der Waals surface area contributed by atoms with Gasteiger partial charge in [-0.05, 0) is 25.3 Å². The molecule has 0 bridgehead atoms. The molecule has 0 unspecified atom stereocenters. The van der Waals surface area contributed by atoms with Gasteiger partial charge in [-0.1, -0.05) is 19.8 Å². The van der Waals surface area contributed by atoms with Crippen LogP contribution >= 0.6 is 0 Å². The highest BCUT2D eigenvalue weighted by molar-refractivity contribution is 5.89. The molecule has 7 nitrogen and oxygen atoms in total. The summed E-state index contributed by atoms with van der Waals surface area (Å²) < 4.78 is 6.16. The quantitative estimate of drug-likeness (QED) is 0.788. The zero-order valence-electron chi connectivity index (χ0n) is 12.7. The van der Waals surface area contributed by atoms with Crippen molar-refractivity contribution in [3.8, 4) is 0 Å². The van der Waals surface area contributed by atoms with E-state index in [0.29, 0.717) is 6.54 Å². The summed E-state index contributed by atoms with van der Waals surface area (Å²) in [5.74, 6) is -1.01. The van der Waals surface area contributed by atoms with E-state index < -0.39 is 5.97 Å². The predicted molar refractivity (Wildman–Crippen MR) is 79.5 cm³/mol. The van der Waals surface area contributed by atoms with Crippen molar-refractivity contribution in [2.75, 3.05) is 6.61 Å². The fourth-order valence-electron chi connectivity index (χ4n) is 2.47. The van der Waals surface area contributed by atoms with Crippen molar-refractivity contribution in [1.82, 2.24) is 15.1 Å². The molecule has 1 aliphatic rings. The first-order chi connectivity index (χ1) is 10.6. The molecule has 2 rings (SSSR count). The SMILES string of the molecule is CCCn1nc(C(=O)OCC(=O)NC2CCCC2)ccc1=O. The van der Waals surface area contributed by atoms with Crippen molar-refractivity contribution in [2.24, 2.45) is 0 Å². The second kappa shape index (κ2) is 7.72. The molecule has 1 amide bonds. The Labute approximate surface area is 128 Å². The summed E-state index contributed by atoms with van der Waals surface area (Å²) in [6.07, 6.45) is 4.92. The Kier molecular flexibility index (Phi) is 5.68. The van der Waals surface area contributed by atoms with Gasteiger partial charge in [0.15, 0.2) is 12.3 Å². The van der Waals surface area contributed by atoms with Gasteiger partial charge < -0.3 is 10.1 Å². The normalized spacial score (nSPS) is 14.8. The van der Waals surface area contributed by atoms with E-state index in [1.54, 1.807) is 0 Å². The number of carbonyl (C=O) groups excluding carboxylic acids is 2. The lowest BCUT2D eigenvalue weighted by Gasteiger charge is -2.12. The van der Waals surface area contributed by atoms with E-state index in [2.05, 4.69) is 10.4 Å². The van der Waals surface area contributed by atoms with Crippen molar-refractivity contribution in [3.05, 3.63) is 28.2 Å². The lowest BCUT2D eigenvalue weighted by atomic mass is 10.2. The summed E-state index contributed by atoms with van der Waals surface area (Å²) in [5.41, 5.74) is -0.237. The summed E-state index contributed by atoms with van der Waals surface area (Å²) in [6.45, 7) is 2.01. The third-order valence-corrected chi connectivity index (χ3v) is 3.57. The molecule has 0 radical (unpaired) electrons. The van der Waals surface area contributed by atoms with E-state index in [0.717, 1.165) is 32.1 Å². The summed E-state index contributed by atoms with van der Waals surface area (Å²) >= 11 is 0. The van der Waals surface area contributed by atoms with Gasteiger partial charge in [0, 0.05) is 18.7 Å². The van der Waals surface area contributed by atoms with Crippen LogP contribution in [-0.2, 0) is 16.1 Å². The molecule has 0 atom stereocenters. The van der Waals surface area contributed by atoms with Gasteiger partial charge >= 0.3 is 5.97 Å². The van der Waals surface area contributed by atoms with Crippen LogP contribution in [0.5, 0.6) is 0 Å². The number of rotatable bonds is 6. The molecular formula is C15H21N3O4. The lowest BCUT2D eigenvalue weighted by molar-refractivity contribution is -0.124. The number of hydrogen-bond acceptors (Lipinski definition) is 5. The van der Waals surface area contributed by atoms with E-state index >= 15 is 0 Å². The molecule has 1 aromatic heterocycles. The first kappa shape index (κ1) is 16.2. The van der Waals surface area contributed by atoms with Crippen LogP contribution in [0.25, 0.3) is 0 Å². The highest BCUT2D eigenvalue weighted by Gasteiger charge is 2.18. The van der Waals surface area contributed by atoms with Crippen molar-refractivity contribution < 1.29 is 14.3 Å². The second-order valence-electron chi connectivity index (χ2n) is 5.40. The van der Waals surface area contributed by atoms with E-state index in [1.807, 2.05) is 6.92 Å². The molecule has 0 aliphatic heterocycles. The fraction of sp³-hybridized carbons (Fsp3) is 0.600. The average molecular weight is 307 g/mol. The highest BCUT2D eigenvalue weighted by Crippen LogP contribution is 2.17. The Bertz CT molecular complexity index is 591. The average Bonchev–Trinajstić information content (AvgIpc) is 3.00. The van der Waals surface area contributed by atoms with Crippen LogP contribution in [0.4, 0.5) is 0 Å². The van der Waals surface area contributed by atoms with Gasteiger partial charge in [-0.3, -0.25) is 9.59 Å². The molecule has 0 aromatic carbocycles. The standard InChI is InChI=1S/C15H21N3O4/c1-2-9-18-14(20)8-7-12(17-18)15(21)22-10-13(19)16-11-5-3-4-6-11/h7-8,11H,2-6,9-10H2,1H3,(H,16,19). The van der Waals surface area contributed by atoms with Crippen LogP contribution in [0.15, 0.2) is 16.9 Å². The number of esters is 1. The topological polar surface area (TPSA) is 90.3 Å². The number of aromatic nitrogens is 2. The molecule has 1 saturated carbocycles. The Hall–Kier alpha value is -2.18. The molecule has 1 fully saturated rings. The third kappa shape index (κ3) is 4.41. The molecule has 1 aliphatic carbocycles.